The number of fused-ring (bicyclic) bond motifs is 1. The molecule has 0 spiro atoms. The van der Waals surface area contributed by atoms with Crippen molar-refractivity contribution in [2.75, 3.05) is 6.61 Å². The third kappa shape index (κ3) is 1.51. The molecule has 1 fully saturated rings. The molecule has 4 nitrogen and oxygen atoms in total. The zero-order chi connectivity index (χ0) is 10.3. The van der Waals surface area contributed by atoms with Gasteiger partial charge < -0.3 is 9.72 Å². The number of rotatable bonds is 1. The Bertz CT molecular complexity index is 446. The molecule has 0 aromatic carbocycles. The van der Waals surface area contributed by atoms with Crippen molar-refractivity contribution in [3.05, 3.63) is 24.3 Å². The SMILES string of the molecule is CC1CC(c2nc3ccncc3[nH]2)CO1. The molecule has 2 aromatic heterocycles. The summed E-state index contributed by atoms with van der Waals surface area (Å²) in [5.74, 6) is 1.44. The van der Waals surface area contributed by atoms with Crippen molar-refractivity contribution in [1.82, 2.24) is 15.0 Å². The van der Waals surface area contributed by atoms with E-state index in [1.807, 2.05) is 12.3 Å². The maximum atomic E-state index is 5.54. The molecular weight excluding hydrogens is 190 g/mol. The highest BCUT2D eigenvalue weighted by molar-refractivity contribution is 5.73. The van der Waals surface area contributed by atoms with Crippen LogP contribution in [0.5, 0.6) is 0 Å². The number of aromatic amines is 1. The summed E-state index contributed by atoms with van der Waals surface area (Å²) >= 11 is 0. The number of H-pyrrole nitrogens is 1. The van der Waals surface area contributed by atoms with Gasteiger partial charge in [0.15, 0.2) is 0 Å². The van der Waals surface area contributed by atoms with E-state index in [9.17, 15) is 0 Å². The van der Waals surface area contributed by atoms with Gasteiger partial charge in [-0.15, -0.1) is 0 Å². The van der Waals surface area contributed by atoms with Gasteiger partial charge in [-0.1, -0.05) is 0 Å². The predicted molar refractivity (Wildman–Crippen MR) is 56.7 cm³/mol. The first-order valence-electron chi connectivity index (χ1n) is 5.24. The number of ether oxygens (including phenoxy) is 1. The van der Waals surface area contributed by atoms with Gasteiger partial charge in [0.1, 0.15) is 5.82 Å². The van der Waals surface area contributed by atoms with Crippen LogP contribution in [0.4, 0.5) is 0 Å². The van der Waals surface area contributed by atoms with Crippen LogP contribution in [0.1, 0.15) is 25.1 Å². The Morgan fingerprint density at radius 2 is 2.47 bits per heavy atom. The fourth-order valence-corrected chi connectivity index (χ4v) is 2.08. The summed E-state index contributed by atoms with van der Waals surface area (Å²) in [7, 11) is 0. The largest absolute Gasteiger partial charge is 0.378 e. The second-order valence-corrected chi connectivity index (χ2v) is 4.09. The van der Waals surface area contributed by atoms with Crippen LogP contribution >= 0.6 is 0 Å². The third-order valence-corrected chi connectivity index (χ3v) is 2.89. The molecule has 1 saturated heterocycles. The van der Waals surface area contributed by atoms with E-state index >= 15 is 0 Å². The summed E-state index contributed by atoms with van der Waals surface area (Å²) in [6, 6.07) is 1.93. The van der Waals surface area contributed by atoms with Gasteiger partial charge >= 0.3 is 0 Å². The number of hydrogen-bond donors (Lipinski definition) is 1. The van der Waals surface area contributed by atoms with Crippen molar-refractivity contribution in [1.29, 1.82) is 0 Å². The minimum Gasteiger partial charge on any atom is -0.378 e. The normalized spacial score (nSPS) is 26.2. The summed E-state index contributed by atoms with van der Waals surface area (Å²) in [6.07, 6.45) is 4.97. The number of nitrogens with zero attached hydrogens (tertiary/aromatic N) is 2. The van der Waals surface area contributed by atoms with Crippen molar-refractivity contribution in [3.8, 4) is 0 Å². The monoisotopic (exact) mass is 203 g/mol. The number of pyridine rings is 1. The fraction of sp³-hybridized carbons (Fsp3) is 0.455. The maximum absolute atomic E-state index is 5.54. The van der Waals surface area contributed by atoms with Gasteiger partial charge in [-0.05, 0) is 19.4 Å². The molecule has 3 rings (SSSR count). The van der Waals surface area contributed by atoms with Gasteiger partial charge in [0.25, 0.3) is 0 Å². The van der Waals surface area contributed by atoms with Crippen LogP contribution in [0.2, 0.25) is 0 Å². The lowest BCUT2D eigenvalue weighted by Crippen LogP contribution is -1.99. The van der Waals surface area contributed by atoms with Crippen molar-refractivity contribution in [2.24, 2.45) is 0 Å². The van der Waals surface area contributed by atoms with Gasteiger partial charge in [0.05, 0.1) is 29.9 Å². The standard InChI is InChI=1S/C11H13N3O/c1-7-4-8(6-15-7)11-13-9-2-3-12-5-10(9)14-11/h2-3,5,7-8H,4,6H2,1H3,(H,13,14). The van der Waals surface area contributed by atoms with Gasteiger partial charge in [0, 0.05) is 12.1 Å². The van der Waals surface area contributed by atoms with E-state index in [4.69, 9.17) is 4.74 Å². The molecule has 0 amide bonds. The molecule has 2 atom stereocenters. The number of imidazole rings is 1. The lowest BCUT2D eigenvalue weighted by molar-refractivity contribution is 0.123. The van der Waals surface area contributed by atoms with Gasteiger partial charge in [0.2, 0.25) is 0 Å². The highest BCUT2D eigenvalue weighted by Crippen LogP contribution is 2.28. The number of aromatic nitrogens is 3. The first kappa shape index (κ1) is 8.85. The average molecular weight is 203 g/mol. The lowest BCUT2D eigenvalue weighted by Gasteiger charge is -2.01. The quantitative estimate of drug-likeness (QED) is 0.769. The smallest absolute Gasteiger partial charge is 0.112 e. The van der Waals surface area contributed by atoms with E-state index in [2.05, 4.69) is 21.9 Å². The molecule has 0 saturated carbocycles. The zero-order valence-electron chi connectivity index (χ0n) is 8.60. The Morgan fingerprint density at radius 1 is 1.53 bits per heavy atom. The summed E-state index contributed by atoms with van der Waals surface area (Å²) in [5, 5.41) is 0. The molecule has 15 heavy (non-hydrogen) atoms. The molecule has 0 aliphatic carbocycles. The molecule has 78 valence electrons. The van der Waals surface area contributed by atoms with Crippen LogP contribution in [0.3, 0.4) is 0 Å². The highest BCUT2D eigenvalue weighted by atomic mass is 16.5. The van der Waals surface area contributed by atoms with E-state index in [-0.39, 0.29) is 0 Å². The summed E-state index contributed by atoms with van der Waals surface area (Å²) in [6.45, 7) is 2.87. The van der Waals surface area contributed by atoms with E-state index in [1.165, 1.54) is 0 Å². The van der Waals surface area contributed by atoms with Crippen LogP contribution in [0.25, 0.3) is 11.0 Å². The van der Waals surface area contributed by atoms with E-state index in [0.29, 0.717) is 12.0 Å². The Balaban J connectivity index is 1.98. The molecule has 3 heterocycles. The van der Waals surface area contributed by atoms with Crippen molar-refractivity contribution in [2.45, 2.75) is 25.4 Å². The molecule has 0 radical (unpaired) electrons. The Labute approximate surface area is 87.7 Å². The molecule has 2 aromatic rings. The minimum atomic E-state index is 0.348. The Kier molecular flexibility index (Phi) is 1.95. The molecular formula is C11H13N3O. The molecule has 1 N–H and O–H groups in total. The van der Waals surface area contributed by atoms with E-state index < -0.39 is 0 Å². The van der Waals surface area contributed by atoms with Crippen molar-refractivity contribution in [3.63, 3.8) is 0 Å². The van der Waals surface area contributed by atoms with Crippen molar-refractivity contribution < 1.29 is 4.74 Å². The van der Waals surface area contributed by atoms with Gasteiger partial charge in [-0.25, -0.2) is 4.98 Å². The van der Waals surface area contributed by atoms with Crippen LogP contribution < -0.4 is 0 Å². The highest BCUT2D eigenvalue weighted by Gasteiger charge is 2.25. The minimum absolute atomic E-state index is 0.348. The zero-order valence-corrected chi connectivity index (χ0v) is 8.60. The first-order chi connectivity index (χ1) is 7.33. The number of hydrogen-bond acceptors (Lipinski definition) is 3. The molecule has 1 aliphatic rings. The van der Waals surface area contributed by atoms with Crippen LogP contribution in [0.15, 0.2) is 18.5 Å². The van der Waals surface area contributed by atoms with Crippen molar-refractivity contribution >= 4 is 11.0 Å². The maximum Gasteiger partial charge on any atom is 0.112 e. The average Bonchev–Trinajstić information content (AvgIpc) is 2.82. The van der Waals surface area contributed by atoms with Gasteiger partial charge in [-0.3, -0.25) is 4.98 Å². The summed E-state index contributed by atoms with van der Waals surface area (Å²) in [5.41, 5.74) is 1.99. The summed E-state index contributed by atoms with van der Waals surface area (Å²) < 4.78 is 5.54. The van der Waals surface area contributed by atoms with E-state index in [1.54, 1.807) is 6.20 Å². The Morgan fingerprint density at radius 3 is 3.20 bits per heavy atom. The molecule has 4 heteroatoms. The topological polar surface area (TPSA) is 50.8 Å². The second-order valence-electron chi connectivity index (χ2n) is 4.09. The molecule has 1 aliphatic heterocycles. The first-order valence-corrected chi connectivity index (χ1v) is 5.24. The predicted octanol–water partition coefficient (Wildman–Crippen LogP) is 1.85. The molecule has 2 unspecified atom stereocenters. The summed E-state index contributed by atoms with van der Waals surface area (Å²) in [4.78, 5) is 11.9. The molecule has 0 bridgehead atoms. The van der Waals surface area contributed by atoms with Gasteiger partial charge in [-0.2, -0.15) is 0 Å². The van der Waals surface area contributed by atoms with Crippen LogP contribution in [-0.4, -0.2) is 27.7 Å². The second kappa shape index (κ2) is 3.31. The fourth-order valence-electron chi connectivity index (χ4n) is 2.08. The van der Waals surface area contributed by atoms with Crippen LogP contribution in [-0.2, 0) is 4.74 Å². The van der Waals surface area contributed by atoms with E-state index in [0.717, 1.165) is 29.9 Å². The third-order valence-electron chi connectivity index (χ3n) is 2.89. The number of nitrogens with one attached hydrogen (secondary N) is 1. The lowest BCUT2D eigenvalue weighted by atomic mass is 10.1. The van der Waals surface area contributed by atoms with Crippen LogP contribution in [0, 0.1) is 0 Å². The Hall–Kier alpha value is -1.42.